The van der Waals surface area contributed by atoms with Crippen molar-refractivity contribution in [2.75, 3.05) is 0 Å². The Morgan fingerprint density at radius 1 is 0.900 bits per heavy atom. The highest BCUT2D eigenvalue weighted by Crippen LogP contribution is 2.46. The van der Waals surface area contributed by atoms with Crippen molar-refractivity contribution in [3.05, 3.63) is 69.7 Å². The van der Waals surface area contributed by atoms with Crippen molar-refractivity contribution < 1.29 is 15.4 Å². The molecule has 0 unspecified atom stereocenters. The van der Waals surface area contributed by atoms with E-state index < -0.39 is 11.2 Å². The second-order valence-electron chi connectivity index (χ2n) is 7.94. The normalized spacial score (nSPS) is 30.2. The molecular weight excluding hydrogens is 425 g/mol. The minimum absolute atomic E-state index is 0.00400. The largest absolute Gasteiger partial charge is 0.409 e. The Balaban J connectivity index is 0.000000172. The van der Waals surface area contributed by atoms with Crippen molar-refractivity contribution >= 4 is 29.0 Å². The number of rotatable bonds is 3. The minimum atomic E-state index is -0.870. The fraction of sp³-hybridized carbons (Fsp3) is 0.364. The quantitative estimate of drug-likeness (QED) is 0.243. The fourth-order valence-corrected chi connectivity index (χ4v) is 4.14. The predicted molar refractivity (Wildman–Crippen MR) is 115 cm³/mol. The summed E-state index contributed by atoms with van der Waals surface area (Å²) in [5.41, 5.74) is 5.47. The summed E-state index contributed by atoms with van der Waals surface area (Å²) in [6, 6.07) is 16.4. The lowest BCUT2D eigenvalue weighted by Crippen LogP contribution is -2.46. The van der Waals surface area contributed by atoms with Crippen LogP contribution in [0.5, 0.6) is 0 Å². The van der Waals surface area contributed by atoms with Gasteiger partial charge in [-0.1, -0.05) is 52.6 Å². The van der Waals surface area contributed by atoms with Crippen LogP contribution in [-0.4, -0.2) is 21.3 Å². The van der Waals surface area contributed by atoms with Crippen molar-refractivity contribution in [3.8, 4) is 6.07 Å². The maximum Gasteiger partial charge on any atom is 0.142 e. The predicted octanol–water partition coefficient (Wildman–Crippen LogP) is 4.15. The van der Waals surface area contributed by atoms with Crippen LogP contribution in [0.25, 0.3) is 0 Å². The lowest BCUT2D eigenvalue weighted by molar-refractivity contribution is -0.0628. The lowest BCUT2D eigenvalue weighted by atomic mass is 9.67. The van der Waals surface area contributed by atoms with Crippen molar-refractivity contribution in [2.45, 2.75) is 36.9 Å². The summed E-state index contributed by atoms with van der Waals surface area (Å²) >= 11 is 11.5. The first-order valence-corrected chi connectivity index (χ1v) is 10.3. The molecule has 0 heterocycles. The van der Waals surface area contributed by atoms with Gasteiger partial charge in [0.2, 0.25) is 0 Å². The Labute approximate surface area is 185 Å². The van der Waals surface area contributed by atoms with Crippen molar-refractivity contribution in [1.29, 1.82) is 5.26 Å². The summed E-state index contributed by atoms with van der Waals surface area (Å²) in [5, 5.41) is 41.7. The summed E-state index contributed by atoms with van der Waals surface area (Å²) < 4.78 is 0. The summed E-state index contributed by atoms with van der Waals surface area (Å²) in [6.07, 6.45) is 2.02. The highest BCUT2D eigenvalue weighted by molar-refractivity contribution is 6.30. The number of hydrogen-bond acceptors (Lipinski definition) is 5. The molecule has 5 N–H and O–H groups in total. The topological polar surface area (TPSA) is 123 Å². The van der Waals surface area contributed by atoms with E-state index in [0.717, 1.165) is 11.1 Å². The Kier molecular flexibility index (Phi) is 6.59. The van der Waals surface area contributed by atoms with Gasteiger partial charge in [0.15, 0.2) is 0 Å². The molecule has 2 aromatic carbocycles. The number of nitrogens with two attached hydrogens (primary N) is 1. The molecule has 4 rings (SSSR count). The van der Waals surface area contributed by atoms with Crippen LogP contribution < -0.4 is 5.73 Å². The van der Waals surface area contributed by atoms with E-state index in [1.54, 1.807) is 36.4 Å². The molecule has 0 aliphatic heterocycles. The Bertz CT molecular complexity index is 943. The molecule has 2 aromatic rings. The maximum atomic E-state index is 10.3. The Hall–Kier alpha value is -2.30. The second-order valence-corrected chi connectivity index (χ2v) is 8.81. The van der Waals surface area contributed by atoms with Gasteiger partial charge in [-0.05, 0) is 61.1 Å². The number of nitriles is 1. The third-order valence-electron chi connectivity index (χ3n) is 5.82. The van der Waals surface area contributed by atoms with Gasteiger partial charge in [0.05, 0.1) is 23.2 Å². The third kappa shape index (κ3) is 4.71. The van der Waals surface area contributed by atoms with E-state index in [-0.39, 0.29) is 17.7 Å². The monoisotopic (exact) mass is 447 g/mol. The molecule has 30 heavy (non-hydrogen) atoms. The van der Waals surface area contributed by atoms with Gasteiger partial charge >= 0.3 is 0 Å². The summed E-state index contributed by atoms with van der Waals surface area (Å²) in [5.74, 6) is 0.125. The SMILES string of the molecule is N#CC1CC(O)(c2ccc(Cl)cc2)C1.N/C(=N\O)C1CC(O)(c2ccc(Cl)cc2)C1. The smallest absolute Gasteiger partial charge is 0.142 e. The number of halogens is 2. The molecule has 0 spiro atoms. The van der Waals surface area contributed by atoms with Gasteiger partial charge in [0.25, 0.3) is 0 Å². The van der Waals surface area contributed by atoms with Crippen molar-refractivity contribution in [2.24, 2.45) is 22.7 Å². The van der Waals surface area contributed by atoms with Crippen LogP contribution in [0.3, 0.4) is 0 Å². The van der Waals surface area contributed by atoms with Gasteiger partial charge < -0.3 is 21.2 Å². The summed E-state index contributed by atoms with van der Waals surface area (Å²) in [7, 11) is 0. The highest BCUT2D eigenvalue weighted by Gasteiger charge is 2.46. The average Bonchev–Trinajstić information content (AvgIpc) is 2.70. The van der Waals surface area contributed by atoms with E-state index >= 15 is 0 Å². The van der Waals surface area contributed by atoms with Gasteiger partial charge in [-0.25, -0.2) is 0 Å². The van der Waals surface area contributed by atoms with Gasteiger partial charge in [0, 0.05) is 16.0 Å². The molecule has 0 aromatic heterocycles. The van der Waals surface area contributed by atoms with E-state index in [9.17, 15) is 10.2 Å². The molecule has 6 nitrogen and oxygen atoms in total. The van der Waals surface area contributed by atoms with E-state index in [1.165, 1.54) is 0 Å². The highest BCUT2D eigenvalue weighted by atomic mass is 35.5. The zero-order valence-corrected chi connectivity index (χ0v) is 17.7. The van der Waals surface area contributed by atoms with E-state index in [0.29, 0.717) is 35.7 Å². The molecule has 2 saturated carbocycles. The molecule has 2 aliphatic rings. The van der Waals surface area contributed by atoms with Gasteiger partial charge in [-0.2, -0.15) is 5.26 Å². The molecule has 0 atom stereocenters. The number of oxime groups is 1. The van der Waals surface area contributed by atoms with E-state index in [1.807, 2.05) is 12.1 Å². The number of benzene rings is 2. The summed E-state index contributed by atoms with van der Waals surface area (Å²) in [6.45, 7) is 0. The maximum absolute atomic E-state index is 10.3. The molecule has 0 bridgehead atoms. The lowest BCUT2D eigenvalue weighted by Gasteiger charge is -2.43. The van der Waals surface area contributed by atoms with E-state index in [2.05, 4.69) is 11.2 Å². The second kappa shape index (κ2) is 8.83. The van der Waals surface area contributed by atoms with Crippen LogP contribution in [-0.2, 0) is 11.2 Å². The van der Waals surface area contributed by atoms with E-state index in [4.69, 9.17) is 39.4 Å². The third-order valence-corrected chi connectivity index (χ3v) is 6.32. The number of nitrogens with zero attached hydrogens (tertiary/aromatic N) is 2. The molecule has 0 amide bonds. The summed E-state index contributed by atoms with van der Waals surface area (Å²) in [4.78, 5) is 0. The average molecular weight is 448 g/mol. The zero-order chi connectivity index (χ0) is 21.9. The van der Waals surface area contributed by atoms with Crippen LogP contribution in [0.15, 0.2) is 53.7 Å². The first kappa shape index (κ1) is 22.4. The molecule has 2 fully saturated rings. The zero-order valence-electron chi connectivity index (χ0n) is 16.2. The first-order chi connectivity index (χ1) is 14.2. The van der Waals surface area contributed by atoms with Crippen molar-refractivity contribution in [1.82, 2.24) is 0 Å². The number of hydrogen-bond donors (Lipinski definition) is 4. The van der Waals surface area contributed by atoms with Crippen LogP contribution in [0.4, 0.5) is 0 Å². The first-order valence-electron chi connectivity index (χ1n) is 9.53. The molecule has 2 aliphatic carbocycles. The van der Waals surface area contributed by atoms with Crippen LogP contribution >= 0.6 is 23.2 Å². The standard InChI is InChI=1S/C11H13ClN2O2.C11H10ClNO/c12-9-3-1-8(2-4-9)11(15)5-7(6-11)10(13)14-16;12-10-3-1-9(2-4-10)11(14)5-8(6-11)7-13/h1-4,7,15-16H,5-6H2,(H2,13,14);1-4,8,14H,5-6H2. The fourth-order valence-electron chi connectivity index (χ4n) is 3.88. The van der Waals surface area contributed by atoms with Crippen LogP contribution in [0.2, 0.25) is 10.0 Å². The number of amidine groups is 1. The Morgan fingerprint density at radius 3 is 1.67 bits per heavy atom. The molecule has 8 heteroatoms. The van der Waals surface area contributed by atoms with Crippen molar-refractivity contribution in [3.63, 3.8) is 0 Å². The molecular formula is C22H23Cl2N3O3. The van der Waals surface area contributed by atoms with Gasteiger partial charge in [0.1, 0.15) is 5.84 Å². The molecule has 158 valence electrons. The van der Waals surface area contributed by atoms with Crippen LogP contribution in [0, 0.1) is 23.2 Å². The number of aliphatic hydroxyl groups is 2. The Morgan fingerprint density at radius 2 is 1.30 bits per heavy atom. The molecule has 0 saturated heterocycles. The molecule has 0 radical (unpaired) electrons. The van der Waals surface area contributed by atoms with Gasteiger partial charge in [-0.15, -0.1) is 0 Å². The van der Waals surface area contributed by atoms with Crippen LogP contribution in [0.1, 0.15) is 36.8 Å². The van der Waals surface area contributed by atoms with Gasteiger partial charge in [-0.3, -0.25) is 0 Å². The minimum Gasteiger partial charge on any atom is -0.409 e.